The summed E-state index contributed by atoms with van der Waals surface area (Å²) in [6.07, 6.45) is -0.759. The Labute approximate surface area is 170 Å². The highest BCUT2D eigenvalue weighted by Gasteiger charge is 2.24. The number of benzene rings is 1. The summed E-state index contributed by atoms with van der Waals surface area (Å²) >= 11 is 1.69. The van der Waals surface area contributed by atoms with Crippen LogP contribution >= 0.6 is 11.8 Å². The second kappa shape index (κ2) is 8.87. The van der Waals surface area contributed by atoms with Gasteiger partial charge in [-0.05, 0) is 18.4 Å². The van der Waals surface area contributed by atoms with Gasteiger partial charge in [0.05, 0.1) is 24.2 Å². The number of anilines is 2. The highest BCUT2D eigenvalue weighted by Crippen LogP contribution is 2.27. The largest absolute Gasteiger partial charge is 0.378 e. The van der Waals surface area contributed by atoms with Crippen LogP contribution in [0.5, 0.6) is 0 Å². The molecule has 1 aliphatic rings. The number of hydrogen-bond donors (Lipinski definition) is 1. The molecule has 0 aliphatic carbocycles. The number of alkyl halides is 2. The van der Waals surface area contributed by atoms with Crippen molar-refractivity contribution in [1.29, 1.82) is 0 Å². The number of para-hydroxylation sites is 2. The molecule has 0 saturated carbocycles. The molecule has 11 heteroatoms. The molecule has 8 nitrogen and oxygen atoms in total. The van der Waals surface area contributed by atoms with Crippen LogP contribution in [0.3, 0.4) is 0 Å². The first-order chi connectivity index (χ1) is 14.2. The molecule has 3 aromatic rings. The third-order valence-corrected chi connectivity index (χ3v) is 5.09. The number of imidazole rings is 1. The quantitative estimate of drug-likeness (QED) is 0.584. The molecule has 4 rings (SSSR count). The van der Waals surface area contributed by atoms with Gasteiger partial charge in [-0.25, -0.2) is 13.8 Å². The lowest BCUT2D eigenvalue weighted by atomic mass is 10.3. The van der Waals surface area contributed by atoms with Gasteiger partial charge in [0.2, 0.25) is 17.8 Å². The van der Waals surface area contributed by atoms with E-state index < -0.39 is 6.43 Å². The Hall–Kier alpha value is -2.53. The van der Waals surface area contributed by atoms with E-state index in [4.69, 9.17) is 4.74 Å². The van der Waals surface area contributed by atoms with Crippen LogP contribution in [0.25, 0.3) is 17.0 Å². The Bertz CT molecular complexity index is 978. The van der Waals surface area contributed by atoms with Crippen LogP contribution in [0.1, 0.15) is 12.2 Å². The molecular formula is C18H21F2N7OS. The van der Waals surface area contributed by atoms with Gasteiger partial charge in [0.25, 0.3) is 6.43 Å². The number of ether oxygens (including phenoxy) is 1. The zero-order valence-corrected chi connectivity index (χ0v) is 16.7. The first kappa shape index (κ1) is 19.8. The molecule has 2 aromatic heterocycles. The maximum Gasteiger partial charge on any atom is 0.296 e. The molecule has 0 amide bonds. The maximum absolute atomic E-state index is 13.8. The number of fused-ring (bicyclic) bond motifs is 1. The summed E-state index contributed by atoms with van der Waals surface area (Å²) in [4.78, 5) is 19.5. The Morgan fingerprint density at radius 1 is 1.10 bits per heavy atom. The van der Waals surface area contributed by atoms with Crippen molar-refractivity contribution in [3.05, 3.63) is 30.1 Å². The normalized spacial score (nSPS) is 14.7. The predicted octanol–water partition coefficient (Wildman–Crippen LogP) is 2.76. The number of morpholine rings is 1. The Balaban J connectivity index is 1.83. The summed E-state index contributed by atoms with van der Waals surface area (Å²) in [6.45, 7) is 3.03. The topological polar surface area (TPSA) is 81.0 Å². The van der Waals surface area contributed by atoms with Crippen molar-refractivity contribution in [2.24, 2.45) is 0 Å². The van der Waals surface area contributed by atoms with E-state index in [-0.39, 0.29) is 11.8 Å². The van der Waals surface area contributed by atoms with E-state index in [2.05, 4.69) is 25.3 Å². The van der Waals surface area contributed by atoms with Gasteiger partial charge in [-0.3, -0.25) is 4.57 Å². The molecule has 29 heavy (non-hydrogen) atoms. The van der Waals surface area contributed by atoms with Gasteiger partial charge in [-0.15, -0.1) is 0 Å². The van der Waals surface area contributed by atoms with Crippen molar-refractivity contribution >= 4 is 34.7 Å². The van der Waals surface area contributed by atoms with Crippen LogP contribution in [0.2, 0.25) is 0 Å². The molecule has 0 spiro atoms. The minimum Gasteiger partial charge on any atom is -0.378 e. The summed E-state index contributed by atoms with van der Waals surface area (Å²) in [5.41, 5.74) is 0.991. The van der Waals surface area contributed by atoms with Crippen LogP contribution in [0, 0.1) is 0 Å². The van der Waals surface area contributed by atoms with Gasteiger partial charge in [0, 0.05) is 25.4 Å². The number of thioether (sulfide) groups is 1. The molecule has 0 radical (unpaired) electrons. The van der Waals surface area contributed by atoms with Gasteiger partial charge >= 0.3 is 0 Å². The van der Waals surface area contributed by atoms with Crippen molar-refractivity contribution in [2.75, 3.05) is 55.1 Å². The lowest BCUT2D eigenvalue weighted by Gasteiger charge is -2.27. The average molecular weight is 421 g/mol. The molecule has 0 atom stereocenters. The highest BCUT2D eigenvalue weighted by atomic mass is 32.2. The number of aromatic nitrogens is 5. The van der Waals surface area contributed by atoms with Gasteiger partial charge in [0.1, 0.15) is 0 Å². The van der Waals surface area contributed by atoms with E-state index in [0.717, 1.165) is 5.75 Å². The van der Waals surface area contributed by atoms with Gasteiger partial charge < -0.3 is 15.0 Å². The second-order valence-electron chi connectivity index (χ2n) is 6.37. The number of hydrogen-bond acceptors (Lipinski definition) is 8. The summed E-state index contributed by atoms with van der Waals surface area (Å²) in [6, 6.07) is 6.96. The lowest BCUT2D eigenvalue weighted by molar-refractivity contribution is 0.122. The van der Waals surface area contributed by atoms with Crippen molar-refractivity contribution in [3.8, 4) is 5.95 Å². The number of nitrogens with zero attached hydrogens (tertiary/aromatic N) is 6. The van der Waals surface area contributed by atoms with E-state index in [9.17, 15) is 8.78 Å². The smallest absolute Gasteiger partial charge is 0.296 e. The van der Waals surface area contributed by atoms with Crippen LogP contribution in [-0.2, 0) is 4.74 Å². The molecular weight excluding hydrogens is 400 g/mol. The number of rotatable bonds is 7. The fourth-order valence-electron chi connectivity index (χ4n) is 3.10. The van der Waals surface area contributed by atoms with E-state index in [1.54, 1.807) is 36.0 Å². The third-order valence-electron chi connectivity index (χ3n) is 4.48. The second-order valence-corrected chi connectivity index (χ2v) is 7.36. The van der Waals surface area contributed by atoms with E-state index in [1.165, 1.54) is 4.57 Å². The first-order valence-corrected chi connectivity index (χ1v) is 10.6. The van der Waals surface area contributed by atoms with Crippen molar-refractivity contribution < 1.29 is 13.5 Å². The Morgan fingerprint density at radius 3 is 2.62 bits per heavy atom. The van der Waals surface area contributed by atoms with E-state index >= 15 is 0 Å². The molecule has 1 aliphatic heterocycles. The first-order valence-electron chi connectivity index (χ1n) is 9.25. The molecule has 0 unspecified atom stereocenters. The monoisotopic (exact) mass is 421 g/mol. The standard InChI is InChI=1S/C18H21F2N7OS/c1-29-11-6-21-16-23-17(26-7-9-28-10-8-26)25-18(24-16)27-13-5-3-2-4-12(13)22-15(27)14(19)20/h2-5,14H,6-11H2,1H3,(H,21,23,24,25). The van der Waals surface area contributed by atoms with E-state index in [1.807, 2.05) is 11.2 Å². The molecule has 3 heterocycles. The SMILES string of the molecule is CSCCNc1nc(N2CCOCC2)nc(-n2c(C(F)F)nc3ccccc32)n1. The fraction of sp³-hybridized carbons (Fsp3) is 0.444. The summed E-state index contributed by atoms with van der Waals surface area (Å²) in [7, 11) is 0. The van der Waals surface area contributed by atoms with Crippen molar-refractivity contribution in [1.82, 2.24) is 24.5 Å². The van der Waals surface area contributed by atoms with Gasteiger partial charge in [-0.1, -0.05) is 12.1 Å². The summed E-state index contributed by atoms with van der Waals surface area (Å²) < 4.78 is 34.2. The van der Waals surface area contributed by atoms with Crippen molar-refractivity contribution in [2.45, 2.75) is 6.43 Å². The number of nitrogens with one attached hydrogen (secondary N) is 1. The zero-order chi connectivity index (χ0) is 20.2. The summed E-state index contributed by atoms with van der Waals surface area (Å²) in [5.74, 6) is 1.38. The van der Waals surface area contributed by atoms with E-state index in [0.29, 0.717) is 55.8 Å². The molecule has 1 saturated heterocycles. The fourth-order valence-corrected chi connectivity index (χ4v) is 3.41. The molecule has 1 fully saturated rings. The minimum absolute atomic E-state index is 0.122. The maximum atomic E-state index is 13.8. The van der Waals surface area contributed by atoms with Crippen LogP contribution < -0.4 is 10.2 Å². The van der Waals surface area contributed by atoms with Crippen LogP contribution in [-0.4, -0.2) is 69.4 Å². The van der Waals surface area contributed by atoms with Crippen LogP contribution in [0.4, 0.5) is 20.7 Å². The molecule has 1 N–H and O–H groups in total. The highest BCUT2D eigenvalue weighted by molar-refractivity contribution is 7.98. The molecule has 1 aromatic carbocycles. The average Bonchev–Trinajstić information content (AvgIpc) is 3.14. The Kier molecular flexibility index (Phi) is 6.05. The van der Waals surface area contributed by atoms with Crippen molar-refractivity contribution in [3.63, 3.8) is 0 Å². The summed E-state index contributed by atoms with van der Waals surface area (Å²) in [5, 5.41) is 3.16. The Morgan fingerprint density at radius 2 is 1.86 bits per heavy atom. The third kappa shape index (κ3) is 4.25. The van der Waals surface area contributed by atoms with Crippen LogP contribution in [0.15, 0.2) is 24.3 Å². The predicted molar refractivity (Wildman–Crippen MR) is 109 cm³/mol. The van der Waals surface area contributed by atoms with Gasteiger partial charge in [0.15, 0.2) is 5.82 Å². The zero-order valence-electron chi connectivity index (χ0n) is 15.9. The lowest BCUT2D eigenvalue weighted by Crippen LogP contribution is -2.37. The minimum atomic E-state index is -2.76. The van der Waals surface area contributed by atoms with Gasteiger partial charge in [-0.2, -0.15) is 26.7 Å². The number of halogens is 2. The molecule has 154 valence electrons. The molecule has 0 bridgehead atoms.